The van der Waals surface area contributed by atoms with Crippen molar-refractivity contribution in [1.29, 1.82) is 0 Å². The van der Waals surface area contributed by atoms with Crippen molar-refractivity contribution < 1.29 is 0 Å². The molecule has 106 valence electrons. The Morgan fingerprint density at radius 3 is 2.26 bits per heavy atom. The van der Waals surface area contributed by atoms with E-state index >= 15 is 0 Å². The molecule has 0 saturated carbocycles. The molecule has 0 fully saturated rings. The molecule has 0 bridgehead atoms. The van der Waals surface area contributed by atoms with E-state index in [9.17, 15) is 0 Å². The zero-order chi connectivity index (χ0) is 13.9. The van der Waals surface area contributed by atoms with E-state index in [2.05, 4.69) is 50.0 Å². The standard InChI is InChI=1S/C18H29N/c1-4-6-7-8-9-10-16(3)17-11-13-18(14-12-17)19-15-5-2/h11-14,19H,3-10,15H2,1-2H3. The Morgan fingerprint density at radius 1 is 0.947 bits per heavy atom. The molecule has 0 heterocycles. The van der Waals surface area contributed by atoms with Crippen LogP contribution in [0.25, 0.3) is 5.57 Å². The first-order valence-corrected chi connectivity index (χ1v) is 7.80. The third kappa shape index (κ3) is 6.47. The summed E-state index contributed by atoms with van der Waals surface area (Å²) in [6.07, 6.45) is 8.94. The lowest BCUT2D eigenvalue weighted by Gasteiger charge is -2.08. The molecule has 0 aliphatic rings. The molecule has 0 aromatic heterocycles. The quantitative estimate of drug-likeness (QED) is 0.517. The van der Waals surface area contributed by atoms with Gasteiger partial charge in [0, 0.05) is 12.2 Å². The Kier molecular flexibility index (Phi) is 8.04. The summed E-state index contributed by atoms with van der Waals surface area (Å²) in [7, 11) is 0. The van der Waals surface area contributed by atoms with Crippen LogP contribution in [-0.4, -0.2) is 6.54 Å². The molecule has 1 rings (SSSR count). The van der Waals surface area contributed by atoms with Crippen molar-refractivity contribution in [2.24, 2.45) is 0 Å². The molecule has 1 N–H and O–H groups in total. The minimum Gasteiger partial charge on any atom is -0.385 e. The van der Waals surface area contributed by atoms with E-state index in [1.807, 2.05) is 0 Å². The van der Waals surface area contributed by atoms with Crippen molar-refractivity contribution in [3.63, 3.8) is 0 Å². The van der Waals surface area contributed by atoms with Gasteiger partial charge < -0.3 is 5.32 Å². The van der Waals surface area contributed by atoms with Crippen molar-refractivity contribution in [2.75, 3.05) is 11.9 Å². The van der Waals surface area contributed by atoms with Crippen molar-refractivity contribution in [1.82, 2.24) is 0 Å². The highest BCUT2D eigenvalue weighted by Gasteiger charge is 1.99. The summed E-state index contributed by atoms with van der Waals surface area (Å²) in [6, 6.07) is 8.69. The van der Waals surface area contributed by atoms with Crippen LogP contribution in [0.4, 0.5) is 5.69 Å². The first-order valence-electron chi connectivity index (χ1n) is 7.80. The highest BCUT2D eigenvalue weighted by molar-refractivity contribution is 5.65. The molecule has 0 radical (unpaired) electrons. The van der Waals surface area contributed by atoms with E-state index in [1.165, 1.54) is 48.9 Å². The average molecular weight is 259 g/mol. The average Bonchev–Trinajstić information content (AvgIpc) is 2.45. The molecule has 1 nitrogen and oxygen atoms in total. The number of rotatable bonds is 10. The third-order valence-electron chi connectivity index (χ3n) is 3.45. The molecule has 1 aromatic carbocycles. The molecular weight excluding hydrogens is 230 g/mol. The summed E-state index contributed by atoms with van der Waals surface area (Å²) in [6.45, 7) is 9.69. The minimum atomic E-state index is 1.04. The van der Waals surface area contributed by atoms with Crippen molar-refractivity contribution in [2.45, 2.75) is 58.8 Å². The highest BCUT2D eigenvalue weighted by Crippen LogP contribution is 2.21. The van der Waals surface area contributed by atoms with E-state index in [0.717, 1.165) is 19.4 Å². The van der Waals surface area contributed by atoms with Gasteiger partial charge in [0.05, 0.1) is 0 Å². The van der Waals surface area contributed by atoms with Crippen molar-refractivity contribution in [3.8, 4) is 0 Å². The van der Waals surface area contributed by atoms with Gasteiger partial charge >= 0.3 is 0 Å². The fraction of sp³-hybridized carbons (Fsp3) is 0.556. The lowest BCUT2D eigenvalue weighted by Crippen LogP contribution is -1.99. The Labute approximate surface area is 119 Å². The predicted octanol–water partition coefficient (Wildman–Crippen LogP) is 5.88. The fourth-order valence-electron chi connectivity index (χ4n) is 2.18. The highest BCUT2D eigenvalue weighted by atomic mass is 14.9. The maximum absolute atomic E-state index is 4.21. The topological polar surface area (TPSA) is 12.0 Å². The van der Waals surface area contributed by atoms with Crippen LogP contribution in [0.3, 0.4) is 0 Å². The van der Waals surface area contributed by atoms with Gasteiger partial charge in [-0.2, -0.15) is 0 Å². The molecular formula is C18H29N. The first-order chi connectivity index (χ1) is 9.27. The second kappa shape index (κ2) is 9.66. The summed E-state index contributed by atoms with van der Waals surface area (Å²) in [4.78, 5) is 0. The molecule has 0 atom stereocenters. The number of nitrogens with one attached hydrogen (secondary N) is 1. The van der Waals surface area contributed by atoms with Gasteiger partial charge in [0.1, 0.15) is 0 Å². The Balaban J connectivity index is 2.32. The fourth-order valence-corrected chi connectivity index (χ4v) is 2.18. The Morgan fingerprint density at radius 2 is 1.63 bits per heavy atom. The monoisotopic (exact) mass is 259 g/mol. The summed E-state index contributed by atoms with van der Waals surface area (Å²) < 4.78 is 0. The lowest BCUT2D eigenvalue weighted by atomic mass is 10.0. The normalized spacial score (nSPS) is 10.4. The summed E-state index contributed by atoms with van der Waals surface area (Å²) in [5.41, 5.74) is 3.78. The number of anilines is 1. The SMILES string of the molecule is C=C(CCCCCCC)c1ccc(NCCC)cc1. The maximum Gasteiger partial charge on any atom is 0.0340 e. The van der Waals surface area contributed by atoms with Gasteiger partial charge in [0.2, 0.25) is 0 Å². The maximum atomic E-state index is 4.21. The largest absolute Gasteiger partial charge is 0.385 e. The molecule has 0 aliphatic carbocycles. The zero-order valence-electron chi connectivity index (χ0n) is 12.7. The number of unbranched alkanes of at least 4 members (excludes halogenated alkanes) is 4. The first kappa shape index (κ1) is 15.8. The Bertz CT molecular complexity index is 350. The van der Waals surface area contributed by atoms with Gasteiger partial charge in [-0.15, -0.1) is 0 Å². The summed E-state index contributed by atoms with van der Waals surface area (Å²) in [5.74, 6) is 0. The number of allylic oxidation sites excluding steroid dienone is 1. The van der Waals surface area contributed by atoms with Gasteiger partial charge in [0.15, 0.2) is 0 Å². The third-order valence-corrected chi connectivity index (χ3v) is 3.45. The molecule has 1 aromatic rings. The van der Waals surface area contributed by atoms with Crippen LogP contribution in [0.2, 0.25) is 0 Å². The van der Waals surface area contributed by atoms with Crippen LogP contribution < -0.4 is 5.32 Å². The van der Waals surface area contributed by atoms with Gasteiger partial charge in [-0.3, -0.25) is 0 Å². The van der Waals surface area contributed by atoms with Crippen LogP contribution in [0.1, 0.15) is 64.4 Å². The van der Waals surface area contributed by atoms with Crippen molar-refractivity contribution in [3.05, 3.63) is 36.4 Å². The molecule has 0 spiro atoms. The molecule has 0 unspecified atom stereocenters. The van der Waals surface area contributed by atoms with E-state index in [4.69, 9.17) is 0 Å². The van der Waals surface area contributed by atoms with E-state index in [1.54, 1.807) is 0 Å². The zero-order valence-corrected chi connectivity index (χ0v) is 12.7. The summed E-state index contributed by atoms with van der Waals surface area (Å²) >= 11 is 0. The minimum absolute atomic E-state index is 1.04. The Hall–Kier alpha value is -1.24. The smallest absolute Gasteiger partial charge is 0.0340 e. The van der Waals surface area contributed by atoms with Crippen LogP contribution in [0.5, 0.6) is 0 Å². The van der Waals surface area contributed by atoms with E-state index in [0.29, 0.717) is 0 Å². The van der Waals surface area contributed by atoms with Gasteiger partial charge in [0.25, 0.3) is 0 Å². The molecule has 1 heteroatoms. The number of hydrogen-bond acceptors (Lipinski definition) is 1. The molecule has 0 saturated heterocycles. The second-order valence-corrected chi connectivity index (χ2v) is 5.27. The van der Waals surface area contributed by atoms with E-state index in [-0.39, 0.29) is 0 Å². The van der Waals surface area contributed by atoms with Gasteiger partial charge in [-0.1, -0.05) is 58.2 Å². The molecule has 0 amide bonds. The molecule has 0 aliphatic heterocycles. The lowest BCUT2D eigenvalue weighted by molar-refractivity contribution is 0.640. The van der Waals surface area contributed by atoms with E-state index < -0.39 is 0 Å². The van der Waals surface area contributed by atoms with Crippen molar-refractivity contribution >= 4 is 11.3 Å². The van der Waals surface area contributed by atoms with Gasteiger partial charge in [-0.25, -0.2) is 0 Å². The van der Waals surface area contributed by atoms with Gasteiger partial charge in [-0.05, 0) is 42.5 Å². The second-order valence-electron chi connectivity index (χ2n) is 5.27. The van der Waals surface area contributed by atoms with Crippen LogP contribution in [-0.2, 0) is 0 Å². The van der Waals surface area contributed by atoms with Crippen LogP contribution in [0.15, 0.2) is 30.8 Å². The van der Waals surface area contributed by atoms with Crippen LogP contribution in [0, 0.1) is 0 Å². The molecule has 19 heavy (non-hydrogen) atoms. The summed E-state index contributed by atoms with van der Waals surface area (Å²) in [5, 5.41) is 3.40. The number of hydrogen-bond donors (Lipinski definition) is 1. The van der Waals surface area contributed by atoms with Crippen LogP contribution >= 0.6 is 0 Å². The number of benzene rings is 1. The predicted molar refractivity (Wildman–Crippen MR) is 87.6 cm³/mol.